The molecule has 1 atom stereocenters. The third-order valence-electron chi connectivity index (χ3n) is 3.66. The second kappa shape index (κ2) is 9.13. The number of ether oxygens (including phenoxy) is 2. The van der Waals surface area contributed by atoms with E-state index in [1.807, 2.05) is 44.2 Å². The van der Waals surface area contributed by atoms with E-state index in [4.69, 9.17) is 20.3 Å². The molecule has 0 aliphatic carbocycles. The van der Waals surface area contributed by atoms with E-state index in [2.05, 4.69) is 22.6 Å². The van der Waals surface area contributed by atoms with Crippen LogP contribution >= 0.6 is 22.6 Å². The molecule has 1 saturated heterocycles. The molecule has 2 aromatic carbocycles. The minimum absolute atomic E-state index is 0.122. The summed E-state index contributed by atoms with van der Waals surface area (Å²) < 4.78 is 12.1. The molecule has 130 valence electrons. The zero-order valence-electron chi connectivity index (χ0n) is 14.1. The van der Waals surface area contributed by atoms with Gasteiger partial charge in [-0.15, -0.1) is 0 Å². The van der Waals surface area contributed by atoms with Gasteiger partial charge in [-0.2, -0.15) is 0 Å². The van der Waals surface area contributed by atoms with Crippen LogP contribution in [-0.4, -0.2) is 18.0 Å². The number of aryl methyl sites for hydroxylation is 2. The quantitative estimate of drug-likeness (QED) is 0.520. The summed E-state index contributed by atoms with van der Waals surface area (Å²) in [6.45, 7) is 4.80. The summed E-state index contributed by atoms with van der Waals surface area (Å²) in [6.07, 6.45) is 3.12. The predicted octanol–water partition coefficient (Wildman–Crippen LogP) is 4.79. The van der Waals surface area contributed by atoms with Gasteiger partial charge in [0.15, 0.2) is 6.29 Å². The van der Waals surface area contributed by atoms with E-state index in [-0.39, 0.29) is 6.29 Å². The van der Waals surface area contributed by atoms with E-state index in [0.717, 1.165) is 40.8 Å². The lowest BCUT2D eigenvalue weighted by atomic mass is 10.2. The minimum Gasteiger partial charge on any atom is -0.507 e. The fourth-order valence-electron chi connectivity index (χ4n) is 2.33. The Morgan fingerprint density at radius 2 is 1.83 bits per heavy atom. The Balaban J connectivity index is 0.000000198. The van der Waals surface area contributed by atoms with Crippen LogP contribution in [0.5, 0.6) is 11.5 Å². The Morgan fingerprint density at radius 3 is 2.42 bits per heavy atom. The van der Waals surface area contributed by atoms with Gasteiger partial charge < -0.3 is 20.3 Å². The van der Waals surface area contributed by atoms with Gasteiger partial charge in [0.05, 0.1) is 15.9 Å². The van der Waals surface area contributed by atoms with Crippen molar-refractivity contribution in [2.75, 3.05) is 12.3 Å². The van der Waals surface area contributed by atoms with Gasteiger partial charge in [-0.05, 0) is 84.7 Å². The lowest BCUT2D eigenvalue weighted by Gasteiger charge is -2.24. The molecule has 0 saturated carbocycles. The molecule has 3 N–H and O–H groups in total. The molecular weight excluding hydrogens is 417 g/mol. The second-order valence-corrected chi connectivity index (χ2v) is 7.07. The molecule has 0 aromatic heterocycles. The third-order valence-corrected chi connectivity index (χ3v) is 4.53. The summed E-state index contributed by atoms with van der Waals surface area (Å²) in [5.74, 6) is 1.09. The fourth-order valence-corrected chi connectivity index (χ4v) is 3.00. The van der Waals surface area contributed by atoms with E-state index in [0.29, 0.717) is 11.4 Å². The van der Waals surface area contributed by atoms with Crippen molar-refractivity contribution in [1.29, 1.82) is 0 Å². The number of anilines is 1. The van der Waals surface area contributed by atoms with Crippen LogP contribution in [0.3, 0.4) is 0 Å². The Bertz CT molecular complexity index is 670. The van der Waals surface area contributed by atoms with Crippen LogP contribution < -0.4 is 10.5 Å². The zero-order valence-corrected chi connectivity index (χ0v) is 16.2. The maximum atomic E-state index is 9.04. The highest BCUT2D eigenvalue weighted by Gasteiger charge is 2.16. The normalized spacial score (nSPS) is 16.9. The van der Waals surface area contributed by atoms with Crippen molar-refractivity contribution in [2.45, 2.75) is 39.4 Å². The average Bonchev–Trinajstić information content (AvgIpc) is 2.56. The van der Waals surface area contributed by atoms with E-state index in [9.17, 15) is 0 Å². The molecule has 4 nitrogen and oxygen atoms in total. The number of hydrogen-bond acceptors (Lipinski definition) is 4. The van der Waals surface area contributed by atoms with Crippen molar-refractivity contribution in [3.8, 4) is 11.5 Å². The first-order valence-corrected chi connectivity index (χ1v) is 9.13. The Labute approximate surface area is 157 Å². The standard InChI is InChI=1S/C12H17NO2.C7H7IO/c1-9-5-6-11(10(13)8-9)15-12-4-2-3-7-14-12;1-5-2-3-7(9)6(8)4-5/h5-6,8,12H,2-4,7,13H2,1H3;2-4,9H,1H3. The van der Waals surface area contributed by atoms with Crippen molar-refractivity contribution in [2.24, 2.45) is 0 Å². The Kier molecular flexibility index (Phi) is 7.17. The SMILES string of the molecule is Cc1ccc(O)c(I)c1.Cc1ccc(OC2CCCCO2)c(N)c1. The summed E-state index contributed by atoms with van der Waals surface area (Å²) in [5, 5.41) is 9.04. The highest BCUT2D eigenvalue weighted by Crippen LogP contribution is 2.25. The molecule has 0 bridgehead atoms. The molecule has 1 aliphatic rings. The van der Waals surface area contributed by atoms with E-state index in [1.165, 1.54) is 5.56 Å². The number of nitrogen functional groups attached to an aromatic ring is 1. The van der Waals surface area contributed by atoms with Crippen LogP contribution in [0.25, 0.3) is 0 Å². The number of halogens is 1. The Morgan fingerprint density at radius 1 is 1.12 bits per heavy atom. The van der Waals surface area contributed by atoms with E-state index in [1.54, 1.807) is 6.07 Å². The predicted molar refractivity (Wildman–Crippen MR) is 105 cm³/mol. The number of rotatable bonds is 2. The molecule has 1 fully saturated rings. The van der Waals surface area contributed by atoms with Crippen LogP contribution in [0.2, 0.25) is 0 Å². The highest BCUT2D eigenvalue weighted by molar-refractivity contribution is 14.1. The summed E-state index contributed by atoms with van der Waals surface area (Å²) >= 11 is 2.10. The van der Waals surface area contributed by atoms with Crippen molar-refractivity contribution in [1.82, 2.24) is 0 Å². The molecule has 1 unspecified atom stereocenters. The first kappa shape index (κ1) is 18.9. The van der Waals surface area contributed by atoms with Gasteiger partial charge >= 0.3 is 0 Å². The fraction of sp³-hybridized carbons (Fsp3) is 0.368. The van der Waals surface area contributed by atoms with Gasteiger partial charge in [0, 0.05) is 6.42 Å². The number of benzene rings is 2. The number of phenols is 1. The van der Waals surface area contributed by atoms with Gasteiger partial charge in [-0.3, -0.25) is 0 Å². The smallest absolute Gasteiger partial charge is 0.199 e. The largest absolute Gasteiger partial charge is 0.507 e. The monoisotopic (exact) mass is 441 g/mol. The zero-order chi connectivity index (χ0) is 17.5. The van der Waals surface area contributed by atoms with Crippen molar-refractivity contribution >= 4 is 28.3 Å². The second-order valence-electron chi connectivity index (χ2n) is 5.91. The lowest BCUT2D eigenvalue weighted by molar-refractivity contribution is -0.105. The highest BCUT2D eigenvalue weighted by atomic mass is 127. The average molecular weight is 441 g/mol. The van der Waals surface area contributed by atoms with Crippen molar-refractivity contribution in [3.05, 3.63) is 51.1 Å². The third kappa shape index (κ3) is 5.87. The topological polar surface area (TPSA) is 64.7 Å². The number of phenolic OH excluding ortho intramolecular Hbond substituents is 1. The molecule has 5 heteroatoms. The van der Waals surface area contributed by atoms with Gasteiger partial charge in [0.2, 0.25) is 0 Å². The maximum absolute atomic E-state index is 9.04. The van der Waals surface area contributed by atoms with Gasteiger partial charge in [-0.1, -0.05) is 12.1 Å². The van der Waals surface area contributed by atoms with Crippen LogP contribution in [-0.2, 0) is 4.74 Å². The Hall–Kier alpha value is -1.47. The van der Waals surface area contributed by atoms with Gasteiger partial charge in [0.1, 0.15) is 11.5 Å². The maximum Gasteiger partial charge on any atom is 0.199 e. The summed E-state index contributed by atoms with van der Waals surface area (Å²) in [6, 6.07) is 11.3. The van der Waals surface area contributed by atoms with Crippen molar-refractivity contribution < 1.29 is 14.6 Å². The van der Waals surface area contributed by atoms with Gasteiger partial charge in [0.25, 0.3) is 0 Å². The molecule has 1 heterocycles. The summed E-state index contributed by atoms with van der Waals surface area (Å²) in [7, 11) is 0. The molecule has 3 rings (SSSR count). The summed E-state index contributed by atoms with van der Waals surface area (Å²) in [4.78, 5) is 0. The lowest BCUT2D eigenvalue weighted by Crippen LogP contribution is -2.25. The number of aromatic hydroxyl groups is 1. The number of nitrogens with two attached hydrogens (primary N) is 1. The van der Waals surface area contributed by atoms with Crippen molar-refractivity contribution in [3.63, 3.8) is 0 Å². The van der Waals surface area contributed by atoms with Crippen LogP contribution in [0.1, 0.15) is 30.4 Å². The van der Waals surface area contributed by atoms with Crippen LogP contribution in [0.4, 0.5) is 5.69 Å². The summed E-state index contributed by atoms with van der Waals surface area (Å²) in [5.41, 5.74) is 8.86. The molecule has 24 heavy (non-hydrogen) atoms. The first-order valence-electron chi connectivity index (χ1n) is 8.05. The van der Waals surface area contributed by atoms with Gasteiger partial charge in [-0.25, -0.2) is 0 Å². The first-order chi connectivity index (χ1) is 11.5. The molecule has 2 aromatic rings. The van der Waals surface area contributed by atoms with E-state index >= 15 is 0 Å². The van der Waals surface area contributed by atoms with E-state index < -0.39 is 0 Å². The molecular formula is C19H24INO3. The van der Waals surface area contributed by atoms with Crippen LogP contribution in [0, 0.1) is 17.4 Å². The molecule has 1 aliphatic heterocycles. The minimum atomic E-state index is -0.122. The molecule has 0 spiro atoms. The molecule has 0 amide bonds. The molecule has 0 radical (unpaired) electrons. The van der Waals surface area contributed by atoms with Crippen LogP contribution in [0.15, 0.2) is 36.4 Å². The number of hydrogen-bond donors (Lipinski definition) is 2.